The highest BCUT2D eigenvalue weighted by atomic mass is 17.0. The van der Waals surface area contributed by atoms with Crippen molar-refractivity contribution in [2.24, 2.45) is 5.41 Å². The highest BCUT2D eigenvalue weighted by Gasteiger charge is 2.43. The number of hydrogen-bond donors (Lipinski definition) is 1. The van der Waals surface area contributed by atoms with E-state index in [2.05, 4.69) is 14.5 Å². The van der Waals surface area contributed by atoms with Gasteiger partial charge in [0, 0.05) is 0 Å². The van der Waals surface area contributed by atoms with Crippen LogP contribution in [-0.4, -0.2) is 46.2 Å². The second-order valence-corrected chi connectivity index (χ2v) is 3.08. The molecular weight excluding hydrogens is 278 g/mol. The molecule has 0 amide bonds. The highest BCUT2D eigenvalue weighted by Crippen LogP contribution is 2.20. The summed E-state index contributed by atoms with van der Waals surface area (Å²) in [5.41, 5.74) is -2.48. The average Bonchev–Trinajstić information content (AvgIpc) is 2.27. The van der Waals surface area contributed by atoms with Crippen LogP contribution in [0.3, 0.4) is 0 Å². The van der Waals surface area contributed by atoms with E-state index >= 15 is 0 Å². The van der Waals surface area contributed by atoms with Crippen LogP contribution in [0.1, 0.15) is 0 Å². The minimum absolute atomic E-state index is 1.23. The Morgan fingerprint density at radius 2 is 1.16 bits per heavy atom. The van der Waals surface area contributed by atoms with Gasteiger partial charge in [0.05, 0.1) is 0 Å². The van der Waals surface area contributed by atoms with E-state index < -0.39 is 46.5 Å². The first-order chi connectivity index (χ1) is 8.69. The predicted octanol–water partition coefficient (Wildman–Crippen LogP) is -1.32. The third-order valence-corrected chi connectivity index (χ3v) is 1.79. The fourth-order valence-electron chi connectivity index (χ4n) is 0.839. The maximum absolute atomic E-state index is 11.0. The van der Waals surface area contributed by atoms with E-state index in [4.69, 9.17) is 5.11 Å². The molecule has 0 aromatic rings. The van der Waals surface area contributed by atoms with Crippen molar-refractivity contribution < 1.29 is 39.7 Å². The van der Waals surface area contributed by atoms with Crippen LogP contribution < -0.4 is 0 Å². The van der Waals surface area contributed by atoms with E-state index in [1.165, 1.54) is 0 Å². The van der Waals surface area contributed by atoms with Crippen molar-refractivity contribution in [2.45, 2.75) is 0 Å². The van der Waals surface area contributed by atoms with E-state index in [-0.39, 0.29) is 0 Å². The molecule has 0 heterocycles. The molecule has 0 spiro atoms. The lowest BCUT2D eigenvalue weighted by atomic mass is 9.91. The van der Waals surface area contributed by atoms with Crippen LogP contribution in [0.2, 0.25) is 0 Å². The summed E-state index contributed by atoms with van der Waals surface area (Å²) >= 11 is 0. The number of carboxylic acid groups (broad SMARTS) is 1. The van der Waals surface area contributed by atoms with Crippen molar-refractivity contribution in [2.75, 3.05) is 19.8 Å². The van der Waals surface area contributed by atoms with Crippen LogP contribution in [0, 0.1) is 35.8 Å². The first kappa shape index (κ1) is 16.1. The van der Waals surface area contributed by atoms with Gasteiger partial charge in [-0.3, -0.25) is 4.79 Å². The summed E-state index contributed by atoms with van der Waals surface area (Å²) in [5.74, 6) is -1.86. The van der Waals surface area contributed by atoms with Crippen molar-refractivity contribution >= 4 is 5.97 Å². The summed E-state index contributed by atoms with van der Waals surface area (Å²) in [4.78, 5) is 52.2. The van der Waals surface area contributed by atoms with Crippen molar-refractivity contribution in [3.8, 4) is 0 Å². The van der Waals surface area contributed by atoms with Gasteiger partial charge < -0.3 is 19.6 Å². The minimum Gasteiger partial charge on any atom is -0.481 e. The Morgan fingerprint density at radius 3 is 1.32 bits per heavy atom. The van der Waals surface area contributed by atoms with Gasteiger partial charge in [-0.25, -0.2) is 0 Å². The smallest absolute Gasteiger partial charge is 0.315 e. The molecule has 19 heavy (non-hydrogen) atoms. The maximum atomic E-state index is 11.0. The predicted molar refractivity (Wildman–Crippen MR) is 48.9 cm³/mol. The van der Waals surface area contributed by atoms with Crippen LogP contribution in [0.4, 0.5) is 0 Å². The molecule has 0 atom stereocenters. The van der Waals surface area contributed by atoms with Crippen LogP contribution >= 0.6 is 0 Å². The lowest BCUT2D eigenvalue weighted by Crippen LogP contribution is -2.46. The summed E-state index contributed by atoms with van der Waals surface area (Å²) in [5, 5.41) is 34.7. The number of hydrogen-bond acceptors (Lipinski definition) is 10. The fourth-order valence-corrected chi connectivity index (χ4v) is 0.839. The lowest BCUT2D eigenvalue weighted by molar-refractivity contribution is -0.780. The Hall–Kier alpha value is -2.93. The van der Waals surface area contributed by atoms with Gasteiger partial charge in [-0.15, -0.1) is 30.3 Å². The molecular formula is C5H7N3O11. The molecule has 0 radical (unpaired) electrons. The SMILES string of the molecule is O=C(O)C(CO[N+](=O)[O-])(CO[N+](=O)[O-])CO[N+](=O)[O-]. The molecule has 0 aromatic heterocycles. The second-order valence-electron chi connectivity index (χ2n) is 3.08. The third kappa shape index (κ3) is 5.80. The number of nitrogens with zero attached hydrogens (tertiary/aromatic N) is 3. The Kier molecular flexibility index (Phi) is 5.68. The zero-order valence-corrected chi connectivity index (χ0v) is 8.99. The van der Waals surface area contributed by atoms with E-state index in [0.29, 0.717) is 0 Å². The van der Waals surface area contributed by atoms with Gasteiger partial charge in [0.2, 0.25) is 0 Å². The van der Waals surface area contributed by atoms with Gasteiger partial charge in [-0.05, 0) is 0 Å². The van der Waals surface area contributed by atoms with Crippen LogP contribution in [0.15, 0.2) is 0 Å². The van der Waals surface area contributed by atoms with Crippen molar-refractivity contribution in [1.29, 1.82) is 0 Å². The van der Waals surface area contributed by atoms with E-state index in [0.717, 1.165) is 0 Å². The van der Waals surface area contributed by atoms with E-state index in [1.54, 1.807) is 0 Å². The first-order valence-electron chi connectivity index (χ1n) is 4.25. The molecule has 1 N–H and O–H groups in total. The summed E-state index contributed by atoms with van der Waals surface area (Å²) in [6.45, 7) is -3.68. The van der Waals surface area contributed by atoms with Crippen molar-refractivity contribution in [1.82, 2.24) is 0 Å². The molecule has 108 valence electrons. The van der Waals surface area contributed by atoms with Gasteiger partial charge in [0.15, 0.2) is 0 Å². The summed E-state index contributed by atoms with van der Waals surface area (Å²) in [6, 6.07) is 0. The molecule has 0 aliphatic heterocycles. The number of carboxylic acids is 1. The molecule has 0 saturated heterocycles. The normalized spacial score (nSPS) is 10.3. The fraction of sp³-hybridized carbons (Fsp3) is 0.800. The van der Waals surface area contributed by atoms with Gasteiger partial charge in [-0.2, -0.15) is 0 Å². The summed E-state index contributed by atoms with van der Waals surface area (Å²) in [7, 11) is 0. The molecule has 0 rings (SSSR count). The zero-order valence-electron chi connectivity index (χ0n) is 8.99. The highest BCUT2D eigenvalue weighted by molar-refractivity contribution is 5.75. The maximum Gasteiger partial charge on any atom is 0.315 e. The Labute approximate surface area is 102 Å². The largest absolute Gasteiger partial charge is 0.481 e. The van der Waals surface area contributed by atoms with E-state index in [1.807, 2.05) is 0 Å². The molecule has 14 nitrogen and oxygen atoms in total. The zero-order chi connectivity index (χ0) is 15.1. The lowest BCUT2D eigenvalue weighted by Gasteiger charge is -2.25. The minimum atomic E-state index is -2.48. The van der Waals surface area contributed by atoms with Gasteiger partial charge in [-0.1, -0.05) is 0 Å². The number of carbonyl (C=O) groups is 1. The Bertz CT molecular complexity index is 335. The van der Waals surface area contributed by atoms with Gasteiger partial charge >= 0.3 is 5.97 Å². The molecule has 0 aliphatic rings. The van der Waals surface area contributed by atoms with Crippen LogP contribution in [-0.2, 0) is 19.3 Å². The quantitative estimate of drug-likeness (QED) is 0.369. The summed E-state index contributed by atoms with van der Waals surface area (Å²) in [6.07, 6.45) is 0. The van der Waals surface area contributed by atoms with Gasteiger partial charge in [0.25, 0.3) is 15.3 Å². The monoisotopic (exact) mass is 285 g/mol. The standard InChI is InChI=1S/C5H7N3O11/c9-4(10)5(1-17-6(11)12,2-18-7(13)14)3-19-8(15)16/h1-3H2,(H,9,10). The Morgan fingerprint density at radius 1 is 0.895 bits per heavy atom. The van der Waals surface area contributed by atoms with Crippen LogP contribution in [0.25, 0.3) is 0 Å². The molecule has 0 aliphatic carbocycles. The number of aliphatic carboxylic acids is 1. The molecule has 0 unspecified atom stereocenters. The topological polar surface area (TPSA) is 194 Å². The number of rotatable bonds is 10. The van der Waals surface area contributed by atoms with Gasteiger partial charge in [0.1, 0.15) is 25.2 Å². The molecule has 14 heteroatoms. The average molecular weight is 285 g/mol. The molecule has 0 fully saturated rings. The Balaban J connectivity index is 4.97. The van der Waals surface area contributed by atoms with E-state index in [9.17, 15) is 35.1 Å². The molecule has 0 saturated carbocycles. The molecule has 0 bridgehead atoms. The van der Waals surface area contributed by atoms with Crippen molar-refractivity contribution in [3.63, 3.8) is 0 Å². The molecule has 0 aromatic carbocycles. The summed E-state index contributed by atoms with van der Waals surface area (Å²) < 4.78 is 0. The third-order valence-electron chi connectivity index (χ3n) is 1.79. The second kappa shape index (κ2) is 6.72. The van der Waals surface area contributed by atoms with Crippen molar-refractivity contribution in [3.05, 3.63) is 30.3 Å². The van der Waals surface area contributed by atoms with Crippen LogP contribution in [0.5, 0.6) is 0 Å². The first-order valence-corrected chi connectivity index (χ1v) is 4.25.